The van der Waals surface area contributed by atoms with Crippen molar-refractivity contribution in [3.63, 3.8) is 0 Å². The Hall–Kier alpha value is -3.49. The minimum Gasteiger partial charge on any atom is -0.367 e. The van der Waals surface area contributed by atoms with E-state index in [1.807, 2.05) is 0 Å². The molecule has 1 unspecified atom stereocenters. The van der Waals surface area contributed by atoms with Crippen molar-refractivity contribution in [2.24, 2.45) is 0 Å². The van der Waals surface area contributed by atoms with Crippen molar-refractivity contribution < 1.29 is 9.59 Å². The van der Waals surface area contributed by atoms with E-state index in [4.69, 9.17) is 10.4 Å². The van der Waals surface area contributed by atoms with E-state index in [0.717, 1.165) is 38.5 Å². The summed E-state index contributed by atoms with van der Waals surface area (Å²) >= 11 is 0. The summed E-state index contributed by atoms with van der Waals surface area (Å²) in [4.78, 5) is 46.8. The van der Waals surface area contributed by atoms with Crippen molar-refractivity contribution in [3.8, 4) is 0 Å². The number of likely N-dealkylation sites (tertiary alicyclic amines) is 1. The summed E-state index contributed by atoms with van der Waals surface area (Å²) in [5.41, 5.74) is 1.37. The Morgan fingerprint density at radius 2 is 1.77 bits per heavy atom. The Kier molecular flexibility index (Phi) is 7.63. The molecule has 1 saturated carbocycles. The van der Waals surface area contributed by atoms with E-state index in [1.165, 1.54) is 13.3 Å². The van der Waals surface area contributed by atoms with Crippen LogP contribution in [-0.4, -0.2) is 51.5 Å². The van der Waals surface area contributed by atoms with Crippen molar-refractivity contribution in [2.45, 2.75) is 70.8 Å². The van der Waals surface area contributed by atoms with Crippen LogP contribution in [0.3, 0.4) is 0 Å². The quantitative estimate of drug-likeness (QED) is 0.468. The molecule has 2 amide bonds. The number of piperidine rings is 1. The minimum atomic E-state index is -0.308. The first kappa shape index (κ1) is 24.6. The number of amides is 2. The average Bonchev–Trinajstić information content (AvgIpc) is 2.84. The number of carbonyl (C=O) groups is 2. The van der Waals surface area contributed by atoms with E-state index in [0.29, 0.717) is 41.5 Å². The number of aromatic amines is 1. The van der Waals surface area contributed by atoms with Gasteiger partial charge in [-0.2, -0.15) is 0 Å². The molecule has 1 aliphatic carbocycles. The monoisotopic (exact) mass is 478 g/mol. The number of rotatable bonds is 6. The minimum absolute atomic E-state index is 0.0843. The molecule has 9 nitrogen and oxygen atoms in total. The predicted molar refractivity (Wildman–Crippen MR) is 136 cm³/mol. The molecule has 1 saturated heterocycles. The van der Waals surface area contributed by atoms with E-state index in [2.05, 4.69) is 15.6 Å². The second-order valence-corrected chi connectivity index (χ2v) is 9.63. The molecule has 0 bridgehead atoms. The molecular weight excluding hydrogens is 444 g/mol. The Morgan fingerprint density at radius 1 is 1.06 bits per heavy atom. The Morgan fingerprint density at radius 3 is 2.43 bits per heavy atom. The van der Waals surface area contributed by atoms with Crippen LogP contribution in [0.4, 0.5) is 11.5 Å². The van der Waals surface area contributed by atoms with Crippen LogP contribution in [0.15, 0.2) is 29.1 Å². The van der Waals surface area contributed by atoms with E-state index >= 15 is 0 Å². The largest absolute Gasteiger partial charge is 0.367 e. The molecule has 4 rings (SSSR count). The van der Waals surface area contributed by atoms with Gasteiger partial charge in [0.25, 0.3) is 11.5 Å². The molecule has 9 heteroatoms. The van der Waals surface area contributed by atoms with Gasteiger partial charge in [0.1, 0.15) is 17.2 Å². The Labute approximate surface area is 205 Å². The lowest BCUT2D eigenvalue weighted by molar-refractivity contribution is -0.114. The van der Waals surface area contributed by atoms with Crippen molar-refractivity contribution in [1.29, 1.82) is 5.41 Å². The van der Waals surface area contributed by atoms with Crippen LogP contribution in [-0.2, 0) is 4.79 Å². The number of H-pyrrole nitrogens is 1. The van der Waals surface area contributed by atoms with Gasteiger partial charge in [-0.3, -0.25) is 14.4 Å². The normalized spacial score (nSPS) is 18.7. The molecule has 35 heavy (non-hydrogen) atoms. The van der Waals surface area contributed by atoms with E-state index < -0.39 is 0 Å². The van der Waals surface area contributed by atoms with Gasteiger partial charge < -0.3 is 25.9 Å². The number of hydrogen-bond donors (Lipinski definition) is 4. The third-order valence-corrected chi connectivity index (χ3v) is 6.81. The smallest absolute Gasteiger partial charge is 0.262 e. The van der Waals surface area contributed by atoms with Crippen LogP contribution in [0.1, 0.15) is 86.5 Å². The number of hydrogen-bond acceptors (Lipinski definition) is 6. The molecule has 0 radical (unpaired) electrons. The number of nitrogens with zero attached hydrogens (tertiary/aromatic N) is 2. The topological polar surface area (TPSA) is 131 Å². The summed E-state index contributed by atoms with van der Waals surface area (Å²) < 4.78 is 0. The van der Waals surface area contributed by atoms with Crippen molar-refractivity contribution in [1.82, 2.24) is 14.9 Å². The zero-order valence-electron chi connectivity index (χ0n) is 20.4. The van der Waals surface area contributed by atoms with Gasteiger partial charge in [-0.25, -0.2) is 4.98 Å². The first-order valence-corrected chi connectivity index (χ1v) is 12.4. The summed E-state index contributed by atoms with van der Waals surface area (Å²) in [6.45, 7) is 4.15. The Balaban J connectivity index is 1.53. The van der Waals surface area contributed by atoms with Gasteiger partial charge in [-0.1, -0.05) is 19.3 Å². The molecule has 2 aromatic rings. The van der Waals surface area contributed by atoms with Crippen LogP contribution in [0.2, 0.25) is 0 Å². The molecule has 2 aliphatic rings. The first-order chi connectivity index (χ1) is 16.8. The van der Waals surface area contributed by atoms with E-state index in [-0.39, 0.29) is 35.0 Å². The fourth-order valence-corrected chi connectivity index (χ4v) is 5.04. The van der Waals surface area contributed by atoms with Crippen LogP contribution in [0, 0.1) is 5.41 Å². The van der Waals surface area contributed by atoms with Crippen LogP contribution < -0.4 is 16.2 Å². The fraction of sp³-hybridized carbons (Fsp3) is 0.500. The third kappa shape index (κ3) is 5.96. The molecule has 0 spiro atoms. The lowest BCUT2D eigenvalue weighted by atomic mass is 9.95. The number of anilines is 2. The van der Waals surface area contributed by atoms with E-state index in [1.54, 1.807) is 36.1 Å². The van der Waals surface area contributed by atoms with Crippen LogP contribution >= 0.6 is 0 Å². The van der Waals surface area contributed by atoms with Gasteiger partial charge in [0, 0.05) is 48.9 Å². The summed E-state index contributed by atoms with van der Waals surface area (Å²) in [5, 5.41) is 14.3. The fourth-order valence-electron chi connectivity index (χ4n) is 5.04. The highest BCUT2D eigenvalue weighted by atomic mass is 16.2. The summed E-state index contributed by atoms with van der Waals surface area (Å²) in [6.07, 6.45) is 7.22. The van der Waals surface area contributed by atoms with Crippen LogP contribution in [0.25, 0.3) is 0 Å². The van der Waals surface area contributed by atoms with Gasteiger partial charge in [0.2, 0.25) is 5.91 Å². The van der Waals surface area contributed by atoms with Gasteiger partial charge in [-0.05, 0) is 56.9 Å². The molecule has 2 fully saturated rings. The maximum absolute atomic E-state index is 13.2. The second-order valence-electron chi connectivity index (χ2n) is 9.63. The summed E-state index contributed by atoms with van der Waals surface area (Å²) in [5.74, 6) is 0.716. The molecule has 1 atom stereocenters. The molecular formula is C26H34N6O3. The number of nitrogens with one attached hydrogen (secondary N) is 4. The lowest BCUT2D eigenvalue weighted by Gasteiger charge is -2.33. The van der Waals surface area contributed by atoms with Crippen molar-refractivity contribution in [2.75, 3.05) is 23.7 Å². The summed E-state index contributed by atoms with van der Waals surface area (Å²) in [6, 6.07) is 7.12. The first-order valence-electron chi connectivity index (χ1n) is 12.4. The number of carbonyl (C=O) groups excluding carboxylic acids is 2. The third-order valence-electron chi connectivity index (χ3n) is 6.81. The number of benzene rings is 1. The standard InChI is InChI=1S/C26H34N6O3/c1-16(27)22-24(29-20-8-4-3-5-9-20)30-23(31-25(22)34)19-7-6-14-32(15-19)26(35)18-10-12-21(13-11-18)28-17(2)33/h10-13,19-20,27H,3-9,14-15H2,1-2H3,(H,28,33)(H2,29,30,31,34). The molecule has 1 aromatic carbocycles. The molecule has 1 aromatic heterocycles. The van der Waals surface area contributed by atoms with E-state index in [9.17, 15) is 14.4 Å². The number of aromatic nitrogens is 2. The highest BCUT2D eigenvalue weighted by molar-refractivity contribution is 6.00. The van der Waals surface area contributed by atoms with Gasteiger partial charge in [0.15, 0.2) is 0 Å². The average molecular weight is 479 g/mol. The highest BCUT2D eigenvalue weighted by Gasteiger charge is 2.29. The summed E-state index contributed by atoms with van der Waals surface area (Å²) in [7, 11) is 0. The predicted octanol–water partition coefficient (Wildman–Crippen LogP) is 3.88. The molecule has 2 heterocycles. The van der Waals surface area contributed by atoms with Crippen molar-refractivity contribution >= 4 is 29.0 Å². The zero-order valence-corrected chi connectivity index (χ0v) is 20.4. The van der Waals surface area contributed by atoms with Crippen molar-refractivity contribution in [3.05, 3.63) is 51.6 Å². The SMILES string of the molecule is CC(=N)c1c(NC2CCCCC2)nc(C2CCCN(C(=O)c3ccc(NC(C)=O)cc3)C2)[nH]c1=O. The zero-order chi connectivity index (χ0) is 24.9. The second kappa shape index (κ2) is 10.8. The lowest BCUT2D eigenvalue weighted by Crippen LogP contribution is -2.40. The molecule has 1 aliphatic heterocycles. The maximum atomic E-state index is 13.2. The van der Waals surface area contributed by atoms with Crippen LogP contribution in [0.5, 0.6) is 0 Å². The Bertz CT molecular complexity index is 1150. The highest BCUT2D eigenvalue weighted by Crippen LogP contribution is 2.28. The molecule has 4 N–H and O–H groups in total. The van der Waals surface area contributed by atoms with Gasteiger partial charge >= 0.3 is 0 Å². The molecule has 186 valence electrons. The van der Waals surface area contributed by atoms with Gasteiger partial charge in [0.05, 0.1) is 0 Å². The maximum Gasteiger partial charge on any atom is 0.262 e. The van der Waals surface area contributed by atoms with Gasteiger partial charge in [-0.15, -0.1) is 0 Å².